The van der Waals surface area contributed by atoms with Crippen LogP contribution in [0.15, 0.2) is 24.3 Å². The van der Waals surface area contributed by atoms with E-state index >= 15 is 0 Å². The number of hydrogen-bond acceptors (Lipinski definition) is 2. The molecule has 0 saturated heterocycles. The van der Waals surface area contributed by atoms with Crippen molar-refractivity contribution >= 4 is 17.4 Å². The number of rotatable bonds is 5. The summed E-state index contributed by atoms with van der Waals surface area (Å²) in [5.74, 6) is 1.43. The predicted octanol–water partition coefficient (Wildman–Crippen LogP) is 2.60. The molecule has 1 aliphatic rings. The van der Waals surface area contributed by atoms with Gasteiger partial charge in [-0.3, -0.25) is 9.59 Å². The first-order valence-corrected chi connectivity index (χ1v) is 8.65. The zero-order valence-corrected chi connectivity index (χ0v) is 14.6. The molecule has 126 valence electrons. The summed E-state index contributed by atoms with van der Waals surface area (Å²) < 4.78 is 0. The number of ketones is 1. The highest BCUT2D eigenvalue weighted by Crippen LogP contribution is 2.27. The average molecular weight is 317 g/mol. The van der Waals surface area contributed by atoms with E-state index in [2.05, 4.69) is 24.5 Å². The molecule has 4 nitrogen and oxygen atoms in total. The van der Waals surface area contributed by atoms with Crippen LogP contribution in [-0.2, 0) is 4.79 Å². The second-order valence-electron chi connectivity index (χ2n) is 7.04. The van der Waals surface area contributed by atoms with Gasteiger partial charge in [0.1, 0.15) is 0 Å². The molecule has 1 aromatic carbocycles. The summed E-state index contributed by atoms with van der Waals surface area (Å²) in [6.07, 6.45) is 3.75. The Kier molecular flexibility index (Phi) is 5.94. The summed E-state index contributed by atoms with van der Waals surface area (Å²) in [7, 11) is 0. The van der Waals surface area contributed by atoms with E-state index in [-0.39, 0.29) is 17.7 Å². The fraction of sp³-hybridized carbons (Fsp3) is 0.579. The predicted molar refractivity (Wildman–Crippen MR) is 92.4 cm³/mol. The number of amides is 1. The van der Waals surface area contributed by atoms with Crippen molar-refractivity contribution in [1.82, 2.24) is 0 Å². The second-order valence-corrected chi connectivity index (χ2v) is 7.04. The molecule has 1 saturated carbocycles. The van der Waals surface area contributed by atoms with E-state index in [1.807, 2.05) is 6.92 Å². The third kappa shape index (κ3) is 4.64. The Hall–Kier alpha value is -1.68. The van der Waals surface area contributed by atoms with E-state index in [1.54, 1.807) is 24.3 Å². The van der Waals surface area contributed by atoms with Gasteiger partial charge in [-0.25, -0.2) is 0 Å². The van der Waals surface area contributed by atoms with Crippen molar-refractivity contribution in [2.24, 2.45) is 11.8 Å². The minimum absolute atomic E-state index is 0.0194. The van der Waals surface area contributed by atoms with Crippen LogP contribution in [0.1, 0.15) is 57.3 Å². The number of carbonyl (C=O) groups is 2. The lowest BCUT2D eigenvalue weighted by Gasteiger charge is -2.33. The van der Waals surface area contributed by atoms with Crippen molar-refractivity contribution < 1.29 is 14.9 Å². The number of quaternary nitrogens is 1. The van der Waals surface area contributed by atoms with Gasteiger partial charge in [0.25, 0.3) is 5.91 Å². The van der Waals surface area contributed by atoms with Crippen LogP contribution in [0.5, 0.6) is 0 Å². The lowest BCUT2D eigenvalue weighted by atomic mass is 9.78. The van der Waals surface area contributed by atoms with Crippen molar-refractivity contribution in [3.63, 3.8) is 0 Å². The van der Waals surface area contributed by atoms with Crippen LogP contribution in [-0.4, -0.2) is 23.8 Å². The molecule has 0 unspecified atom stereocenters. The molecule has 1 aliphatic carbocycles. The normalized spacial score (nSPS) is 25.7. The summed E-state index contributed by atoms with van der Waals surface area (Å²) >= 11 is 0. The number of carbonyl (C=O) groups excluding carboxylic acids is 2. The van der Waals surface area contributed by atoms with Gasteiger partial charge in [-0.1, -0.05) is 13.8 Å². The quantitative estimate of drug-likeness (QED) is 0.820. The maximum atomic E-state index is 12.4. The molecule has 23 heavy (non-hydrogen) atoms. The van der Waals surface area contributed by atoms with Crippen LogP contribution < -0.4 is 10.6 Å². The van der Waals surface area contributed by atoms with Crippen molar-refractivity contribution in [2.75, 3.05) is 5.32 Å². The third-order valence-electron chi connectivity index (χ3n) is 5.28. The van der Waals surface area contributed by atoms with Gasteiger partial charge in [0.2, 0.25) is 0 Å². The molecule has 0 radical (unpaired) electrons. The topological polar surface area (TPSA) is 62.8 Å². The van der Waals surface area contributed by atoms with Crippen molar-refractivity contribution in [3.05, 3.63) is 29.8 Å². The van der Waals surface area contributed by atoms with E-state index in [1.165, 1.54) is 26.2 Å². The molecule has 1 fully saturated rings. The van der Waals surface area contributed by atoms with E-state index in [0.717, 1.165) is 11.6 Å². The Morgan fingerprint density at radius 2 is 1.83 bits per heavy atom. The third-order valence-corrected chi connectivity index (χ3v) is 5.28. The number of nitrogens with two attached hydrogens (primary N) is 1. The van der Waals surface area contributed by atoms with E-state index < -0.39 is 0 Å². The number of anilines is 1. The lowest BCUT2D eigenvalue weighted by Crippen LogP contribution is -2.97. The monoisotopic (exact) mass is 317 g/mol. The number of nitrogens with one attached hydrogen (secondary N) is 1. The SMILES string of the molecule is CC(=O)c1ccc(NC(=O)[C@H](C)[NH2+][C@H]2CCC[C@@H](C)[C@H]2C)cc1. The molecule has 0 heterocycles. The molecule has 1 amide bonds. The molecule has 4 atom stereocenters. The Morgan fingerprint density at radius 1 is 1.17 bits per heavy atom. The smallest absolute Gasteiger partial charge is 0.282 e. The highest BCUT2D eigenvalue weighted by Gasteiger charge is 2.32. The first kappa shape index (κ1) is 17.7. The van der Waals surface area contributed by atoms with E-state index in [0.29, 0.717) is 17.5 Å². The first-order chi connectivity index (χ1) is 10.9. The fourth-order valence-electron chi connectivity index (χ4n) is 3.40. The maximum Gasteiger partial charge on any atom is 0.282 e. The van der Waals surface area contributed by atoms with Crippen LogP contribution in [0, 0.1) is 11.8 Å². The molecule has 0 aromatic heterocycles. The number of Topliss-reactive ketones (excluding diaryl/α,β-unsaturated/α-hetero) is 1. The Morgan fingerprint density at radius 3 is 2.43 bits per heavy atom. The molecule has 2 rings (SSSR count). The molecule has 1 aromatic rings. The van der Waals surface area contributed by atoms with Gasteiger partial charge in [-0.05, 0) is 63.3 Å². The van der Waals surface area contributed by atoms with Crippen molar-refractivity contribution in [3.8, 4) is 0 Å². The molecule has 0 spiro atoms. The van der Waals surface area contributed by atoms with E-state index in [9.17, 15) is 9.59 Å². The van der Waals surface area contributed by atoms with Crippen LogP contribution in [0.25, 0.3) is 0 Å². The molecular formula is C19H29N2O2+. The lowest BCUT2D eigenvalue weighted by molar-refractivity contribution is -0.715. The Bertz CT molecular complexity index is 553. The molecule has 4 heteroatoms. The van der Waals surface area contributed by atoms with Gasteiger partial charge < -0.3 is 10.6 Å². The van der Waals surface area contributed by atoms with Gasteiger partial charge in [-0.15, -0.1) is 0 Å². The average Bonchev–Trinajstić information content (AvgIpc) is 2.52. The van der Waals surface area contributed by atoms with Crippen LogP contribution in [0.3, 0.4) is 0 Å². The molecular weight excluding hydrogens is 288 g/mol. The maximum absolute atomic E-state index is 12.4. The summed E-state index contributed by atoms with van der Waals surface area (Å²) in [4.78, 5) is 23.7. The van der Waals surface area contributed by atoms with Crippen LogP contribution in [0.2, 0.25) is 0 Å². The summed E-state index contributed by atoms with van der Waals surface area (Å²) in [5.41, 5.74) is 1.40. The highest BCUT2D eigenvalue weighted by atomic mass is 16.2. The van der Waals surface area contributed by atoms with Gasteiger partial charge >= 0.3 is 0 Å². The largest absolute Gasteiger partial charge is 0.334 e. The summed E-state index contributed by atoms with van der Waals surface area (Å²) in [5, 5.41) is 5.16. The van der Waals surface area contributed by atoms with Gasteiger partial charge in [0.05, 0.1) is 6.04 Å². The van der Waals surface area contributed by atoms with E-state index in [4.69, 9.17) is 0 Å². The summed E-state index contributed by atoms with van der Waals surface area (Å²) in [6, 6.07) is 7.48. The van der Waals surface area contributed by atoms with Crippen molar-refractivity contribution in [2.45, 2.75) is 59.0 Å². The minimum atomic E-state index is -0.111. The van der Waals surface area contributed by atoms with Gasteiger partial charge in [-0.2, -0.15) is 0 Å². The Balaban J connectivity index is 1.90. The second kappa shape index (κ2) is 7.73. The molecule has 0 aliphatic heterocycles. The molecule has 3 N–H and O–H groups in total. The summed E-state index contributed by atoms with van der Waals surface area (Å²) in [6.45, 7) is 8.12. The Labute approximate surface area is 139 Å². The van der Waals surface area contributed by atoms with Gasteiger partial charge in [0.15, 0.2) is 11.8 Å². The van der Waals surface area contributed by atoms with Crippen molar-refractivity contribution in [1.29, 1.82) is 0 Å². The number of benzene rings is 1. The minimum Gasteiger partial charge on any atom is -0.334 e. The van der Waals surface area contributed by atoms with Gasteiger partial charge in [0, 0.05) is 17.2 Å². The van der Waals surface area contributed by atoms with Crippen LogP contribution in [0.4, 0.5) is 5.69 Å². The molecule has 0 bridgehead atoms. The van der Waals surface area contributed by atoms with Crippen LogP contribution >= 0.6 is 0 Å². The first-order valence-electron chi connectivity index (χ1n) is 8.65. The zero-order chi connectivity index (χ0) is 17.0. The fourth-order valence-corrected chi connectivity index (χ4v) is 3.40. The zero-order valence-electron chi connectivity index (χ0n) is 14.6. The standard InChI is InChI=1S/C19H28N2O2/c1-12-6-5-7-18(13(12)2)20-14(3)19(23)21-17-10-8-16(9-11-17)15(4)22/h8-14,18,20H,5-7H2,1-4H3,(H,21,23)/p+1/t12-,13-,14+,18+/m1/s1. The highest BCUT2D eigenvalue weighted by molar-refractivity contribution is 5.96. The number of hydrogen-bond donors (Lipinski definition) is 2.